The minimum atomic E-state index is -0.773. The van der Waals surface area contributed by atoms with Gasteiger partial charge in [-0.2, -0.15) is 5.10 Å². The second-order valence-electron chi connectivity index (χ2n) is 8.05. The van der Waals surface area contributed by atoms with Crippen LogP contribution in [-0.4, -0.2) is 55.4 Å². The van der Waals surface area contributed by atoms with Crippen molar-refractivity contribution in [3.05, 3.63) is 60.2 Å². The Morgan fingerprint density at radius 3 is 2.62 bits per heavy atom. The summed E-state index contributed by atoms with van der Waals surface area (Å²) in [6.45, 7) is 3.06. The molecular weight excluding hydrogens is 436 g/mol. The molecule has 0 aliphatic carbocycles. The Kier molecular flexibility index (Phi) is 7.54. The topological polar surface area (TPSA) is 109 Å². The van der Waals surface area contributed by atoms with E-state index in [1.165, 1.54) is 5.01 Å². The van der Waals surface area contributed by atoms with Gasteiger partial charge >= 0.3 is 5.97 Å². The molecular formula is C25H28N4O5. The standard InChI is InChI=1S/C25H28N4O5/c1-2-33-25(32)21-15-22(29(28-21)17-9-4-3-5-10-17)24(31)27-20-13-7-6-12-19(20)23(30)26-16-18-11-8-14-34-18/h3-7,9-10,12-13,18,22H,2,8,11,14-16H2,1H3,(H,26,30)(H,27,31). The van der Waals surface area contributed by atoms with E-state index >= 15 is 0 Å². The molecule has 2 aromatic carbocycles. The van der Waals surface area contributed by atoms with E-state index in [2.05, 4.69) is 15.7 Å². The zero-order valence-electron chi connectivity index (χ0n) is 19.0. The summed E-state index contributed by atoms with van der Waals surface area (Å²) in [4.78, 5) is 38.4. The lowest BCUT2D eigenvalue weighted by Crippen LogP contribution is -2.39. The average molecular weight is 465 g/mol. The van der Waals surface area contributed by atoms with Crippen LogP contribution in [0.3, 0.4) is 0 Å². The molecule has 0 radical (unpaired) electrons. The van der Waals surface area contributed by atoms with Crippen LogP contribution in [0.4, 0.5) is 11.4 Å². The predicted molar refractivity (Wildman–Crippen MR) is 128 cm³/mol. The first-order valence-corrected chi connectivity index (χ1v) is 11.5. The molecule has 1 saturated heterocycles. The predicted octanol–water partition coefficient (Wildman–Crippen LogP) is 2.73. The number of hydrogen-bond donors (Lipinski definition) is 2. The lowest BCUT2D eigenvalue weighted by Gasteiger charge is -2.23. The smallest absolute Gasteiger partial charge is 0.354 e. The van der Waals surface area contributed by atoms with E-state index in [1.807, 2.05) is 30.3 Å². The maximum Gasteiger partial charge on any atom is 0.354 e. The number of ether oxygens (including phenoxy) is 2. The number of hydrazone groups is 1. The average Bonchev–Trinajstić information content (AvgIpc) is 3.54. The van der Waals surface area contributed by atoms with Crippen molar-refractivity contribution in [2.24, 2.45) is 5.10 Å². The summed E-state index contributed by atoms with van der Waals surface area (Å²) in [6, 6.07) is 15.2. The van der Waals surface area contributed by atoms with Crippen molar-refractivity contribution in [2.45, 2.75) is 38.3 Å². The van der Waals surface area contributed by atoms with Crippen molar-refractivity contribution < 1.29 is 23.9 Å². The summed E-state index contributed by atoms with van der Waals surface area (Å²) < 4.78 is 10.6. The van der Waals surface area contributed by atoms with Crippen LogP contribution >= 0.6 is 0 Å². The number of nitrogens with zero attached hydrogens (tertiary/aromatic N) is 2. The van der Waals surface area contributed by atoms with Gasteiger partial charge in [0.2, 0.25) is 5.91 Å². The molecule has 178 valence electrons. The molecule has 2 aliphatic rings. The van der Waals surface area contributed by atoms with Crippen molar-refractivity contribution >= 4 is 34.9 Å². The lowest BCUT2D eigenvalue weighted by atomic mass is 10.1. The Bertz CT molecular complexity index is 1070. The summed E-state index contributed by atoms with van der Waals surface area (Å²) in [6.07, 6.45) is 2.01. The molecule has 0 spiro atoms. The fraction of sp³-hybridized carbons (Fsp3) is 0.360. The quantitative estimate of drug-likeness (QED) is 0.582. The van der Waals surface area contributed by atoms with Crippen LogP contribution in [0.5, 0.6) is 0 Å². The molecule has 2 aromatic rings. The van der Waals surface area contributed by atoms with Crippen molar-refractivity contribution in [1.82, 2.24) is 5.32 Å². The molecule has 2 N–H and O–H groups in total. The lowest BCUT2D eigenvalue weighted by molar-refractivity contribution is -0.135. The second-order valence-corrected chi connectivity index (χ2v) is 8.05. The van der Waals surface area contributed by atoms with Crippen molar-refractivity contribution in [2.75, 3.05) is 30.1 Å². The van der Waals surface area contributed by atoms with Gasteiger partial charge in [0.05, 0.1) is 29.6 Å². The normalized spacial score (nSPS) is 19.4. The molecule has 4 rings (SSSR count). The van der Waals surface area contributed by atoms with Gasteiger partial charge < -0.3 is 20.1 Å². The number of esters is 1. The van der Waals surface area contributed by atoms with Gasteiger partial charge in [-0.1, -0.05) is 30.3 Å². The third-order valence-electron chi connectivity index (χ3n) is 5.69. The van der Waals surface area contributed by atoms with Gasteiger partial charge in [0.15, 0.2) is 0 Å². The highest BCUT2D eigenvalue weighted by atomic mass is 16.5. The zero-order chi connectivity index (χ0) is 23.9. The summed E-state index contributed by atoms with van der Waals surface area (Å²) in [5, 5.41) is 11.6. The van der Waals surface area contributed by atoms with Gasteiger partial charge in [0, 0.05) is 19.6 Å². The van der Waals surface area contributed by atoms with E-state index in [4.69, 9.17) is 9.47 Å². The Hall–Kier alpha value is -3.72. The van der Waals surface area contributed by atoms with Crippen LogP contribution in [0.2, 0.25) is 0 Å². The summed E-state index contributed by atoms with van der Waals surface area (Å²) in [7, 11) is 0. The Morgan fingerprint density at radius 1 is 1.12 bits per heavy atom. The zero-order valence-corrected chi connectivity index (χ0v) is 19.0. The number of amides is 2. The molecule has 9 heteroatoms. The van der Waals surface area contributed by atoms with E-state index in [-0.39, 0.29) is 36.7 Å². The minimum absolute atomic E-state index is 0.0158. The summed E-state index contributed by atoms with van der Waals surface area (Å²) in [5.74, 6) is -1.22. The number of para-hydroxylation sites is 2. The summed E-state index contributed by atoms with van der Waals surface area (Å²) in [5.41, 5.74) is 1.58. The van der Waals surface area contributed by atoms with E-state index in [9.17, 15) is 14.4 Å². The highest BCUT2D eigenvalue weighted by Gasteiger charge is 2.37. The maximum atomic E-state index is 13.3. The number of carbonyl (C=O) groups excluding carboxylic acids is 3. The highest BCUT2D eigenvalue weighted by molar-refractivity contribution is 6.38. The maximum absolute atomic E-state index is 13.3. The van der Waals surface area contributed by atoms with Gasteiger partial charge in [-0.3, -0.25) is 14.6 Å². The number of hydrogen-bond acceptors (Lipinski definition) is 7. The first-order valence-electron chi connectivity index (χ1n) is 11.5. The SMILES string of the molecule is CCOC(=O)C1=NN(c2ccccc2)C(C(=O)Nc2ccccc2C(=O)NCC2CCCO2)C1. The highest BCUT2D eigenvalue weighted by Crippen LogP contribution is 2.26. The fourth-order valence-electron chi connectivity index (χ4n) is 3.98. The molecule has 2 amide bonds. The van der Waals surface area contributed by atoms with Gasteiger partial charge in [-0.25, -0.2) is 4.79 Å². The molecule has 0 saturated carbocycles. The molecule has 34 heavy (non-hydrogen) atoms. The fourth-order valence-corrected chi connectivity index (χ4v) is 3.98. The van der Waals surface area contributed by atoms with Gasteiger partial charge in [0.1, 0.15) is 11.8 Å². The molecule has 0 aromatic heterocycles. The number of carbonyl (C=O) groups is 3. The van der Waals surface area contributed by atoms with E-state index < -0.39 is 12.0 Å². The molecule has 0 bridgehead atoms. The van der Waals surface area contributed by atoms with Crippen LogP contribution in [0, 0.1) is 0 Å². The van der Waals surface area contributed by atoms with Crippen molar-refractivity contribution in [1.29, 1.82) is 0 Å². The van der Waals surface area contributed by atoms with Crippen LogP contribution in [-0.2, 0) is 19.1 Å². The van der Waals surface area contributed by atoms with Crippen molar-refractivity contribution in [3.63, 3.8) is 0 Å². The minimum Gasteiger partial charge on any atom is -0.461 e. The first-order chi connectivity index (χ1) is 16.6. The third-order valence-corrected chi connectivity index (χ3v) is 5.69. The van der Waals surface area contributed by atoms with Crippen LogP contribution in [0.1, 0.15) is 36.5 Å². The van der Waals surface area contributed by atoms with Crippen LogP contribution in [0.25, 0.3) is 0 Å². The monoisotopic (exact) mass is 464 g/mol. The van der Waals surface area contributed by atoms with E-state index in [0.717, 1.165) is 12.8 Å². The Labute approximate surface area is 198 Å². The number of benzene rings is 2. The molecule has 1 fully saturated rings. The van der Waals surface area contributed by atoms with Crippen LogP contribution in [0.15, 0.2) is 59.7 Å². The van der Waals surface area contributed by atoms with E-state index in [1.54, 1.807) is 31.2 Å². The number of nitrogens with one attached hydrogen (secondary N) is 2. The van der Waals surface area contributed by atoms with Gasteiger partial charge in [-0.05, 0) is 44.0 Å². The van der Waals surface area contributed by atoms with Gasteiger partial charge in [0.25, 0.3) is 5.91 Å². The molecule has 2 aliphatic heterocycles. The molecule has 2 atom stereocenters. The van der Waals surface area contributed by atoms with Crippen molar-refractivity contribution in [3.8, 4) is 0 Å². The Morgan fingerprint density at radius 2 is 1.88 bits per heavy atom. The van der Waals surface area contributed by atoms with Crippen LogP contribution < -0.4 is 15.6 Å². The number of anilines is 2. The largest absolute Gasteiger partial charge is 0.461 e. The number of rotatable bonds is 8. The molecule has 9 nitrogen and oxygen atoms in total. The second kappa shape index (κ2) is 10.9. The third kappa shape index (κ3) is 5.43. The van der Waals surface area contributed by atoms with Gasteiger partial charge in [-0.15, -0.1) is 0 Å². The summed E-state index contributed by atoms with van der Waals surface area (Å²) >= 11 is 0. The molecule has 2 heterocycles. The molecule has 2 unspecified atom stereocenters. The van der Waals surface area contributed by atoms with E-state index in [0.29, 0.717) is 30.1 Å². The first kappa shape index (κ1) is 23.4. The Balaban J connectivity index is 1.50.